The maximum atomic E-state index is 14.8. The molecular formula is C22H30F2O2. The van der Waals surface area contributed by atoms with Gasteiger partial charge in [0.15, 0.2) is 11.6 Å². The van der Waals surface area contributed by atoms with Gasteiger partial charge in [0.05, 0.1) is 0 Å². The summed E-state index contributed by atoms with van der Waals surface area (Å²) in [5, 5.41) is 0. The molecule has 2 nitrogen and oxygen atoms in total. The minimum Gasteiger partial charge on any atom is -0.465 e. The van der Waals surface area contributed by atoms with Crippen LogP contribution in [0, 0.1) is 17.6 Å². The maximum Gasteiger partial charge on any atom is 0.293 e. The van der Waals surface area contributed by atoms with E-state index in [0.717, 1.165) is 44.4 Å². The van der Waals surface area contributed by atoms with Crippen molar-refractivity contribution in [3.63, 3.8) is 0 Å². The minimum atomic E-state index is -0.655. The van der Waals surface area contributed by atoms with Gasteiger partial charge in [0.2, 0.25) is 0 Å². The van der Waals surface area contributed by atoms with E-state index in [9.17, 15) is 13.6 Å². The predicted octanol–water partition coefficient (Wildman–Crippen LogP) is 6.24. The van der Waals surface area contributed by atoms with Gasteiger partial charge in [-0.3, -0.25) is 4.79 Å². The van der Waals surface area contributed by atoms with Gasteiger partial charge in [-0.25, -0.2) is 8.78 Å². The molecule has 0 saturated heterocycles. The van der Waals surface area contributed by atoms with Crippen LogP contribution in [0.4, 0.5) is 8.78 Å². The third-order valence-electron chi connectivity index (χ3n) is 6.49. The Morgan fingerprint density at radius 1 is 0.923 bits per heavy atom. The molecule has 0 spiro atoms. The molecule has 0 N–H and O–H groups in total. The molecule has 0 unspecified atom stereocenters. The second-order valence-electron chi connectivity index (χ2n) is 8.08. The fraction of sp³-hybridized carbons (Fsp3) is 0.682. The fourth-order valence-electron chi connectivity index (χ4n) is 4.97. The van der Waals surface area contributed by atoms with Gasteiger partial charge in [-0.1, -0.05) is 31.9 Å². The lowest BCUT2D eigenvalue weighted by Gasteiger charge is -2.30. The van der Waals surface area contributed by atoms with Crippen LogP contribution >= 0.6 is 0 Å². The zero-order chi connectivity index (χ0) is 18.5. The second kappa shape index (κ2) is 8.96. The molecule has 2 saturated carbocycles. The third kappa shape index (κ3) is 4.27. The molecule has 2 fully saturated rings. The van der Waals surface area contributed by atoms with Crippen molar-refractivity contribution in [1.82, 2.24) is 0 Å². The Balaban J connectivity index is 1.67. The molecule has 0 radical (unpaired) electrons. The second-order valence-corrected chi connectivity index (χ2v) is 8.08. The highest BCUT2D eigenvalue weighted by Crippen LogP contribution is 2.41. The van der Waals surface area contributed by atoms with Crippen molar-refractivity contribution in [2.24, 2.45) is 5.92 Å². The van der Waals surface area contributed by atoms with Crippen LogP contribution in [0.15, 0.2) is 12.1 Å². The van der Waals surface area contributed by atoms with Crippen LogP contribution in [-0.2, 0) is 9.53 Å². The highest BCUT2D eigenvalue weighted by Gasteiger charge is 2.29. The number of carbonyl (C=O) groups excluding carboxylic acids is 1. The average Bonchev–Trinajstić information content (AvgIpc) is 2.66. The smallest absolute Gasteiger partial charge is 0.293 e. The standard InChI is InChI=1S/C22H30F2O2/c1-2-3-15-4-6-16(7-5-15)19-12-13-20(22(24)21(19)23)17-8-10-18(11-9-17)26-14-25/h12-18H,2-11H2,1H3. The molecule has 0 atom stereocenters. The van der Waals surface area contributed by atoms with Gasteiger partial charge in [0, 0.05) is 0 Å². The van der Waals surface area contributed by atoms with Crippen LogP contribution in [0.1, 0.15) is 94.1 Å². The van der Waals surface area contributed by atoms with Crippen LogP contribution in [0.2, 0.25) is 0 Å². The molecule has 4 heteroatoms. The monoisotopic (exact) mass is 364 g/mol. The van der Waals surface area contributed by atoms with E-state index in [2.05, 4.69) is 6.92 Å². The molecule has 1 aromatic carbocycles. The largest absolute Gasteiger partial charge is 0.465 e. The van der Waals surface area contributed by atoms with Crippen LogP contribution in [-0.4, -0.2) is 12.6 Å². The van der Waals surface area contributed by atoms with Crippen molar-refractivity contribution in [3.05, 3.63) is 34.9 Å². The Morgan fingerprint density at radius 3 is 1.88 bits per heavy atom. The van der Waals surface area contributed by atoms with Gasteiger partial charge in [0.1, 0.15) is 6.10 Å². The van der Waals surface area contributed by atoms with Crippen LogP contribution in [0.5, 0.6) is 0 Å². The Labute approximate surface area is 155 Å². The Hall–Kier alpha value is -1.45. The summed E-state index contributed by atoms with van der Waals surface area (Å²) in [7, 11) is 0. The SMILES string of the molecule is CCCC1CCC(c2ccc(C3CCC(OC=O)CC3)c(F)c2F)CC1. The number of ether oxygens (including phenoxy) is 1. The summed E-state index contributed by atoms with van der Waals surface area (Å²) in [5.41, 5.74) is 1.06. The van der Waals surface area contributed by atoms with Crippen molar-refractivity contribution in [2.75, 3.05) is 0 Å². The van der Waals surface area contributed by atoms with Crippen molar-refractivity contribution >= 4 is 6.47 Å². The lowest BCUT2D eigenvalue weighted by molar-refractivity contribution is -0.135. The third-order valence-corrected chi connectivity index (χ3v) is 6.49. The van der Waals surface area contributed by atoms with E-state index >= 15 is 0 Å². The summed E-state index contributed by atoms with van der Waals surface area (Å²) in [6.07, 6.45) is 9.46. The first-order chi connectivity index (χ1) is 12.6. The average molecular weight is 364 g/mol. The number of rotatable bonds is 6. The van der Waals surface area contributed by atoms with Gasteiger partial charge < -0.3 is 4.74 Å². The number of carbonyl (C=O) groups is 1. The van der Waals surface area contributed by atoms with E-state index in [1.54, 1.807) is 6.07 Å². The van der Waals surface area contributed by atoms with E-state index in [-0.39, 0.29) is 17.9 Å². The lowest BCUT2D eigenvalue weighted by Crippen LogP contribution is -2.21. The number of benzene rings is 1. The van der Waals surface area contributed by atoms with Gasteiger partial charge >= 0.3 is 0 Å². The van der Waals surface area contributed by atoms with E-state index in [1.165, 1.54) is 12.8 Å². The van der Waals surface area contributed by atoms with Crippen molar-refractivity contribution in [1.29, 1.82) is 0 Å². The Morgan fingerprint density at radius 2 is 1.42 bits per heavy atom. The zero-order valence-electron chi connectivity index (χ0n) is 15.7. The van der Waals surface area contributed by atoms with Crippen molar-refractivity contribution in [3.8, 4) is 0 Å². The minimum absolute atomic E-state index is 0.0188. The molecule has 0 aliphatic heterocycles. The molecule has 0 amide bonds. The Bertz CT molecular complexity index is 600. The summed E-state index contributed by atoms with van der Waals surface area (Å²) in [5.74, 6) is -0.355. The molecule has 2 aliphatic carbocycles. The summed E-state index contributed by atoms with van der Waals surface area (Å²) in [4.78, 5) is 10.4. The summed E-state index contributed by atoms with van der Waals surface area (Å²) in [6, 6.07) is 3.63. The van der Waals surface area contributed by atoms with E-state index < -0.39 is 11.6 Å². The topological polar surface area (TPSA) is 26.3 Å². The molecule has 144 valence electrons. The first-order valence-corrected chi connectivity index (χ1v) is 10.2. The van der Waals surface area contributed by atoms with Gasteiger partial charge in [-0.05, 0) is 80.2 Å². The molecule has 3 rings (SSSR count). The maximum absolute atomic E-state index is 14.8. The lowest BCUT2D eigenvalue weighted by atomic mass is 9.76. The van der Waals surface area contributed by atoms with E-state index in [4.69, 9.17) is 4.74 Å². The highest BCUT2D eigenvalue weighted by molar-refractivity contribution is 5.37. The zero-order valence-corrected chi connectivity index (χ0v) is 15.7. The van der Waals surface area contributed by atoms with Gasteiger partial charge in [-0.2, -0.15) is 0 Å². The van der Waals surface area contributed by atoms with Crippen LogP contribution in [0.3, 0.4) is 0 Å². The number of hydrogen-bond donors (Lipinski definition) is 0. The van der Waals surface area contributed by atoms with E-state index in [1.807, 2.05) is 6.07 Å². The normalized spacial score (nSPS) is 29.3. The first-order valence-electron chi connectivity index (χ1n) is 10.2. The Kier molecular flexibility index (Phi) is 6.66. The summed E-state index contributed by atoms with van der Waals surface area (Å²) < 4.78 is 34.6. The van der Waals surface area contributed by atoms with Crippen molar-refractivity contribution in [2.45, 2.75) is 89.1 Å². The van der Waals surface area contributed by atoms with Gasteiger partial charge in [-0.15, -0.1) is 0 Å². The molecule has 0 aromatic heterocycles. The molecule has 26 heavy (non-hydrogen) atoms. The molecule has 1 aromatic rings. The quantitative estimate of drug-likeness (QED) is 0.559. The predicted molar refractivity (Wildman–Crippen MR) is 98.1 cm³/mol. The summed E-state index contributed by atoms with van der Waals surface area (Å²) >= 11 is 0. The molecule has 2 aliphatic rings. The number of halogens is 2. The molecule has 0 heterocycles. The fourth-order valence-corrected chi connectivity index (χ4v) is 4.97. The first kappa shape index (κ1) is 19.3. The van der Waals surface area contributed by atoms with Crippen molar-refractivity contribution < 1.29 is 18.3 Å². The number of hydrogen-bond acceptors (Lipinski definition) is 2. The summed E-state index contributed by atoms with van der Waals surface area (Å²) in [6.45, 7) is 2.69. The van der Waals surface area contributed by atoms with E-state index in [0.29, 0.717) is 30.4 Å². The molecular weight excluding hydrogens is 334 g/mol. The highest BCUT2D eigenvalue weighted by atomic mass is 19.2. The van der Waals surface area contributed by atoms with Gasteiger partial charge in [0.25, 0.3) is 6.47 Å². The van der Waals surface area contributed by atoms with Crippen LogP contribution < -0.4 is 0 Å². The molecule has 0 bridgehead atoms. The van der Waals surface area contributed by atoms with Crippen LogP contribution in [0.25, 0.3) is 0 Å².